The maximum Gasteiger partial charge on any atom is 0.248 e. The van der Waals surface area contributed by atoms with Crippen LogP contribution in [0.15, 0.2) is 30.3 Å². The fourth-order valence-electron chi connectivity index (χ4n) is 2.51. The fraction of sp³-hybridized carbons (Fsp3) is 0.267. The number of halogens is 1. The first-order chi connectivity index (χ1) is 10.1. The molecule has 21 heavy (non-hydrogen) atoms. The summed E-state index contributed by atoms with van der Waals surface area (Å²) in [6.07, 6.45) is 0.923. The number of anilines is 1. The lowest BCUT2D eigenvalue weighted by Gasteiger charge is -2.25. The summed E-state index contributed by atoms with van der Waals surface area (Å²) in [5.74, 6) is 0.0543. The Balaban J connectivity index is 1.83. The van der Waals surface area contributed by atoms with Gasteiger partial charge in [0.05, 0.1) is 0 Å². The molecule has 2 aromatic rings. The van der Waals surface area contributed by atoms with Crippen molar-refractivity contribution in [2.75, 3.05) is 11.9 Å². The van der Waals surface area contributed by atoms with E-state index in [1.54, 1.807) is 13.0 Å². The molecule has 0 bridgehead atoms. The van der Waals surface area contributed by atoms with Crippen molar-refractivity contribution < 1.29 is 4.79 Å². The van der Waals surface area contributed by atoms with Crippen molar-refractivity contribution in [3.05, 3.63) is 52.3 Å². The highest BCUT2D eigenvalue weighted by molar-refractivity contribution is 6.29. The molecule has 0 radical (unpaired) electrons. The van der Waals surface area contributed by atoms with E-state index < -0.39 is 6.04 Å². The van der Waals surface area contributed by atoms with Crippen LogP contribution in [0, 0.1) is 6.92 Å². The SMILES string of the molecule is Cc1cc(Cl)nc(NC(=O)C2NCCc3ccccc32)n1. The summed E-state index contributed by atoms with van der Waals surface area (Å²) in [5.41, 5.74) is 2.90. The van der Waals surface area contributed by atoms with Crippen molar-refractivity contribution in [1.82, 2.24) is 15.3 Å². The summed E-state index contributed by atoms with van der Waals surface area (Å²) in [4.78, 5) is 20.6. The molecule has 1 aliphatic heterocycles. The Morgan fingerprint density at radius 3 is 3.00 bits per heavy atom. The number of nitrogens with one attached hydrogen (secondary N) is 2. The van der Waals surface area contributed by atoms with Crippen LogP contribution in [0.5, 0.6) is 0 Å². The minimum absolute atomic E-state index is 0.177. The number of rotatable bonds is 2. The maximum atomic E-state index is 12.5. The first-order valence-corrected chi connectivity index (χ1v) is 7.14. The summed E-state index contributed by atoms with van der Waals surface area (Å²) in [6, 6.07) is 9.20. The molecule has 0 fully saturated rings. The van der Waals surface area contributed by atoms with Crippen LogP contribution in [-0.2, 0) is 11.2 Å². The predicted octanol–water partition coefficient (Wildman–Crippen LogP) is 2.26. The van der Waals surface area contributed by atoms with Gasteiger partial charge in [-0.25, -0.2) is 9.97 Å². The molecule has 0 saturated carbocycles. The zero-order valence-electron chi connectivity index (χ0n) is 11.6. The Bertz CT molecular complexity index is 669. The minimum atomic E-state index is -0.391. The fourth-order valence-corrected chi connectivity index (χ4v) is 2.74. The molecule has 1 aromatic heterocycles. The van der Waals surface area contributed by atoms with E-state index in [2.05, 4.69) is 26.7 Å². The van der Waals surface area contributed by atoms with Crippen LogP contribution in [0.2, 0.25) is 5.15 Å². The van der Waals surface area contributed by atoms with Crippen LogP contribution >= 0.6 is 11.6 Å². The molecule has 108 valence electrons. The molecule has 1 unspecified atom stereocenters. The molecule has 1 aromatic carbocycles. The van der Waals surface area contributed by atoms with Crippen molar-refractivity contribution in [3.8, 4) is 0 Å². The van der Waals surface area contributed by atoms with Crippen molar-refractivity contribution in [3.63, 3.8) is 0 Å². The Labute approximate surface area is 127 Å². The van der Waals surface area contributed by atoms with Gasteiger partial charge in [0.15, 0.2) is 0 Å². The molecule has 5 nitrogen and oxygen atoms in total. The lowest BCUT2D eigenvalue weighted by atomic mass is 9.94. The van der Waals surface area contributed by atoms with E-state index in [4.69, 9.17) is 11.6 Å². The van der Waals surface area contributed by atoms with Crippen LogP contribution in [-0.4, -0.2) is 22.4 Å². The summed E-state index contributed by atoms with van der Waals surface area (Å²) < 4.78 is 0. The number of benzene rings is 1. The summed E-state index contributed by atoms with van der Waals surface area (Å²) in [6.45, 7) is 2.57. The highest BCUT2D eigenvalue weighted by atomic mass is 35.5. The molecule has 0 spiro atoms. The summed E-state index contributed by atoms with van der Waals surface area (Å²) in [5, 5.41) is 6.26. The van der Waals surface area contributed by atoms with Gasteiger partial charge in [-0.15, -0.1) is 0 Å². The van der Waals surface area contributed by atoms with E-state index in [0.717, 1.165) is 18.5 Å². The molecule has 1 aliphatic rings. The molecule has 0 saturated heterocycles. The number of fused-ring (bicyclic) bond motifs is 1. The smallest absolute Gasteiger partial charge is 0.248 e. The van der Waals surface area contributed by atoms with E-state index >= 15 is 0 Å². The molecule has 2 N–H and O–H groups in total. The van der Waals surface area contributed by atoms with Gasteiger partial charge in [-0.05, 0) is 30.5 Å². The second-order valence-electron chi connectivity index (χ2n) is 4.98. The number of hydrogen-bond donors (Lipinski definition) is 2. The van der Waals surface area contributed by atoms with E-state index in [9.17, 15) is 4.79 Å². The third kappa shape index (κ3) is 3.04. The van der Waals surface area contributed by atoms with Gasteiger partial charge in [0.1, 0.15) is 11.2 Å². The van der Waals surface area contributed by atoms with Crippen LogP contribution < -0.4 is 10.6 Å². The van der Waals surface area contributed by atoms with Gasteiger partial charge in [-0.1, -0.05) is 35.9 Å². The topological polar surface area (TPSA) is 66.9 Å². The number of hydrogen-bond acceptors (Lipinski definition) is 4. The molecule has 2 heterocycles. The first kappa shape index (κ1) is 14.0. The number of amides is 1. The number of aromatic nitrogens is 2. The van der Waals surface area contributed by atoms with Gasteiger partial charge < -0.3 is 5.32 Å². The number of carbonyl (C=O) groups is 1. The lowest BCUT2D eigenvalue weighted by Crippen LogP contribution is -2.38. The van der Waals surface area contributed by atoms with Crippen LogP contribution in [0.3, 0.4) is 0 Å². The minimum Gasteiger partial charge on any atom is -0.302 e. The van der Waals surface area contributed by atoms with Gasteiger partial charge in [0.25, 0.3) is 0 Å². The number of carbonyl (C=O) groups excluding carboxylic acids is 1. The second kappa shape index (κ2) is 5.79. The Kier molecular flexibility index (Phi) is 3.86. The Hall–Kier alpha value is -1.98. The predicted molar refractivity (Wildman–Crippen MR) is 81.3 cm³/mol. The Morgan fingerprint density at radius 1 is 1.38 bits per heavy atom. The molecule has 1 amide bonds. The van der Waals surface area contributed by atoms with E-state index in [0.29, 0.717) is 10.8 Å². The van der Waals surface area contributed by atoms with Gasteiger partial charge in [0.2, 0.25) is 11.9 Å². The van der Waals surface area contributed by atoms with Crippen LogP contribution in [0.1, 0.15) is 22.9 Å². The van der Waals surface area contributed by atoms with Crippen LogP contribution in [0.25, 0.3) is 0 Å². The van der Waals surface area contributed by atoms with E-state index in [1.807, 2.05) is 18.2 Å². The summed E-state index contributed by atoms with van der Waals surface area (Å²) >= 11 is 5.88. The second-order valence-corrected chi connectivity index (χ2v) is 5.37. The molecule has 3 rings (SSSR count). The third-order valence-corrected chi connectivity index (χ3v) is 3.62. The van der Waals surface area contributed by atoms with Crippen molar-refractivity contribution in [2.24, 2.45) is 0 Å². The standard InChI is InChI=1S/C15H15ClN4O/c1-9-8-12(16)19-15(18-9)20-14(21)13-11-5-3-2-4-10(11)6-7-17-13/h2-5,8,13,17H,6-7H2,1H3,(H,18,19,20,21). The van der Waals surface area contributed by atoms with E-state index in [-0.39, 0.29) is 11.9 Å². The van der Waals surface area contributed by atoms with Gasteiger partial charge in [-0.2, -0.15) is 0 Å². The molecular weight excluding hydrogens is 288 g/mol. The van der Waals surface area contributed by atoms with Crippen molar-refractivity contribution in [2.45, 2.75) is 19.4 Å². The number of aryl methyl sites for hydroxylation is 1. The summed E-state index contributed by atoms with van der Waals surface area (Å²) in [7, 11) is 0. The molecular formula is C15H15ClN4O. The van der Waals surface area contributed by atoms with Gasteiger partial charge in [0, 0.05) is 12.2 Å². The first-order valence-electron chi connectivity index (χ1n) is 6.77. The van der Waals surface area contributed by atoms with Crippen molar-refractivity contribution >= 4 is 23.5 Å². The van der Waals surface area contributed by atoms with E-state index in [1.165, 1.54) is 5.56 Å². The van der Waals surface area contributed by atoms with Crippen molar-refractivity contribution in [1.29, 1.82) is 0 Å². The molecule has 1 atom stereocenters. The highest BCUT2D eigenvalue weighted by Crippen LogP contribution is 2.23. The normalized spacial score (nSPS) is 17.1. The van der Waals surface area contributed by atoms with Crippen LogP contribution in [0.4, 0.5) is 5.95 Å². The largest absolute Gasteiger partial charge is 0.302 e. The maximum absolute atomic E-state index is 12.5. The molecule has 0 aliphatic carbocycles. The third-order valence-electron chi connectivity index (χ3n) is 3.43. The zero-order valence-corrected chi connectivity index (χ0v) is 12.3. The Morgan fingerprint density at radius 2 is 2.19 bits per heavy atom. The zero-order chi connectivity index (χ0) is 14.8. The number of nitrogens with zero attached hydrogens (tertiary/aromatic N) is 2. The highest BCUT2D eigenvalue weighted by Gasteiger charge is 2.26. The quantitative estimate of drug-likeness (QED) is 0.835. The molecule has 6 heteroatoms. The van der Waals surface area contributed by atoms with Gasteiger partial charge in [-0.3, -0.25) is 10.1 Å². The monoisotopic (exact) mass is 302 g/mol. The lowest BCUT2D eigenvalue weighted by molar-refractivity contribution is -0.118. The van der Waals surface area contributed by atoms with Gasteiger partial charge >= 0.3 is 0 Å². The average molecular weight is 303 g/mol. The average Bonchev–Trinajstić information content (AvgIpc) is 2.45.